The molecule has 0 bridgehead atoms. The maximum Gasteiger partial charge on any atom is 0.251 e. The lowest BCUT2D eigenvalue weighted by atomic mass is 10.1. The van der Waals surface area contributed by atoms with Crippen molar-refractivity contribution in [2.75, 3.05) is 20.2 Å². The fraction of sp³-hybridized carbons (Fsp3) is 0.524. The second-order valence-electron chi connectivity index (χ2n) is 7.31. The predicted molar refractivity (Wildman–Crippen MR) is 103 cm³/mol. The van der Waals surface area contributed by atoms with Crippen LogP contribution in [0.1, 0.15) is 43.2 Å². The van der Waals surface area contributed by atoms with Crippen LogP contribution in [0, 0.1) is 6.92 Å². The number of nitrogens with one attached hydrogen (secondary N) is 1. The van der Waals surface area contributed by atoms with Gasteiger partial charge in [-0.15, -0.1) is 0 Å². The molecular weight excluding hydrogens is 328 g/mol. The largest absolute Gasteiger partial charge is 0.378 e. The van der Waals surface area contributed by atoms with E-state index < -0.39 is 0 Å². The summed E-state index contributed by atoms with van der Waals surface area (Å²) in [5.41, 5.74) is 2.52. The molecule has 2 heterocycles. The summed E-state index contributed by atoms with van der Waals surface area (Å²) in [6.45, 7) is 3.54. The van der Waals surface area contributed by atoms with Crippen molar-refractivity contribution >= 4 is 16.8 Å². The first-order valence-corrected chi connectivity index (χ1v) is 9.51. The van der Waals surface area contributed by atoms with Crippen LogP contribution < -0.4 is 5.56 Å². The zero-order valence-corrected chi connectivity index (χ0v) is 15.7. The Balaban J connectivity index is 1.55. The molecule has 5 nitrogen and oxygen atoms in total. The van der Waals surface area contributed by atoms with E-state index in [1.165, 1.54) is 6.42 Å². The number of ether oxygens (including phenoxy) is 1. The number of carbonyl (C=O) groups is 1. The third-order valence-electron chi connectivity index (χ3n) is 5.17. The van der Waals surface area contributed by atoms with Gasteiger partial charge < -0.3 is 14.6 Å². The Morgan fingerprint density at radius 2 is 2.15 bits per heavy atom. The Kier molecular flexibility index (Phi) is 6.09. The summed E-state index contributed by atoms with van der Waals surface area (Å²) in [6, 6.07) is 7.89. The lowest BCUT2D eigenvalue weighted by Crippen LogP contribution is -2.32. The predicted octanol–water partition coefficient (Wildman–Crippen LogP) is 3.19. The van der Waals surface area contributed by atoms with Crippen LogP contribution in [-0.4, -0.2) is 42.1 Å². The van der Waals surface area contributed by atoms with E-state index in [0.29, 0.717) is 24.9 Å². The fourth-order valence-electron chi connectivity index (χ4n) is 3.48. The highest BCUT2D eigenvalue weighted by Gasteiger charge is 2.16. The topological polar surface area (TPSA) is 62.4 Å². The van der Waals surface area contributed by atoms with Crippen molar-refractivity contribution in [1.29, 1.82) is 0 Å². The monoisotopic (exact) mass is 356 g/mol. The molecule has 1 aromatic heterocycles. The van der Waals surface area contributed by atoms with E-state index in [4.69, 9.17) is 4.74 Å². The van der Waals surface area contributed by atoms with E-state index >= 15 is 0 Å². The zero-order valence-electron chi connectivity index (χ0n) is 15.7. The molecule has 1 unspecified atom stereocenters. The maximum absolute atomic E-state index is 12.4. The second-order valence-corrected chi connectivity index (χ2v) is 7.31. The number of H-pyrrole nitrogens is 1. The third-order valence-corrected chi connectivity index (χ3v) is 5.17. The number of aryl methyl sites for hydroxylation is 2. The zero-order chi connectivity index (χ0) is 18.5. The molecule has 140 valence electrons. The summed E-state index contributed by atoms with van der Waals surface area (Å²) in [5.74, 6) is 0.0733. The average molecular weight is 356 g/mol. The number of hydrogen-bond donors (Lipinski definition) is 1. The van der Waals surface area contributed by atoms with Crippen LogP contribution in [0.4, 0.5) is 0 Å². The Morgan fingerprint density at radius 1 is 1.31 bits per heavy atom. The number of fused-ring (bicyclic) bond motifs is 1. The molecule has 0 aliphatic carbocycles. The minimum absolute atomic E-state index is 0.0733. The van der Waals surface area contributed by atoms with Crippen LogP contribution in [0.15, 0.2) is 29.1 Å². The van der Waals surface area contributed by atoms with Crippen molar-refractivity contribution in [3.63, 3.8) is 0 Å². The smallest absolute Gasteiger partial charge is 0.251 e. The molecule has 1 saturated heterocycles. The van der Waals surface area contributed by atoms with Crippen molar-refractivity contribution in [2.24, 2.45) is 0 Å². The molecule has 1 atom stereocenters. The molecule has 0 saturated carbocycles. The average Bonchev–Trinajstić information content (AvgIpc) is 2.65. The number of carbonyl (C=O) groups excluding carboxylic acids is 1. The van der Waals surface area contributed by atoms with E-state index in [0.717, 1.165) is 42.3 Å². The van der Waals surface area contributed by atoms with E-state index in [1.54, 1.807) is 4.90 Å². The number of nitrogens with zero attached hydrogens (tertiary/aromatic N) is 1. The second kappa shape index (κ2) is 8.49. The molecule has 0 radical (unpaired) electrons. The van der Waals surface area contributed by atoms with Crippen molar-refractivity contribution in [3.05, 3.63) is 45.7 Å². The Morgan fingerprint density at radius 3 is 2.92 bits per heavy atom. The normalized spacial score (nSPS) is 17.4. The molecule has 1 aliphatic heterocycles. The molecule has 5 heteroatoms. The summed E-state index contributed by atoms with van der Waals surface area (Å²) in [5, 5.41) is 1.00. The molecule has 1 aromatic carbocycles. The van der Waals surface area contributed by atoms with Crippen molar-refractivity contribution in [3.8, 4) is 0 Å². The van der Waals surface area contributed by atoms with Crippen LogP contribution in [0.5, 0.6) is 0 Å². The van der Waals surface area contributed by atoms with Crippen LogP contribution in [-0.2, 0) is 16.0 Å². The number of hydrogen-bond acceptors (Lipinski definition) is 3. The highest BCUT2D eigenvalue weighted by Crippen LogP contribution is 2.16. The Hall–Kier alpha value is -2.14. The van der Waals surface area contributed by atoms with Gasteiger partial charge in [0.05, 0.1) is 6.10 Å². The Bertz CT molecular complexity index is 822. The lowest BCUT2D eigenvalue weighted by molar-refractivity contribution is -0.130. The van der Waals surface area contributed by atoms with Crippen LogP contribution >= 0.6 is 0 Å². The molecule has 1 fully saturated rings. The van der Waals surface area contributed by atoms with Gasteiger partial charge in [0.25, 0.3) is 5.56 Å². The highest BCUT2D eigenvalue weighted by atomic mass is 16.5. The van der Waals surface area contributed by atoms with Crippen LogP contribution in [0.2, 0.25) is 0 Å². The van der Waals surface area contributed by atoms with Gasteiger partial charge in [0, 0.05) is 37.7 Å². The minimum atomic E-state index is -0.103. The van der Waals surface area contributed by atoms with Crippen LogP contribution in [0.3, 0.4) is 0 Å². The summed E-state index contributed by atoms with van der Waals surface area (Å²) in [7, 11) is 1.83. The molecule has 1 aliphatic rings. The van der Waals surface area contributed by atoms with E-state index in [2.05, 4.69) is 4.98 Å². The number of amides is 1. The van der Waals surface area contributed by atoms with Gasteiger partial charge in [-0.05, 0) is 62.1 Å². The number of rotatable bonds is 6. The first-order valence-electron chi connectivity index (χ1n) is 9.51. The summed E-state index contributed by atoms with van der Waals surface area (Å²) >= 11 is 0. The van der Waals surface area contributed by atoms with Gasteiger partial charge in [-0.25, -0.2) is 0 Å². The number of benzene rings is 1. The first kappa shape index (κ1) is 18.6. The van der Waals surface area contributed by atoms with Gasteiger partial charge in [0.15, 0.2) is 0 Å². The Labute approximate surface area is 154 Å². The maximum atomic E-state index is 12.4. The highest BCUT2D eigenvalue weighted by molar-refractivity contribution is 5.80. The molecule has 0 spiro atoms. The molecule has 1 N–H and O–H groups in total. The third kappa shape index (κ3) is 4.73. The quantitative estimate of drug-likeness (QED) is 0.865. The number of aromatic nitrogens is 1. The van der Waals surface area contributed by atoms with E-state index in [9.17, 15) is 9.59 Å². The molecular formula is C21H28N2O3. The molecule has 3 rings (SSSR count). The molecule has 2 aromatic rings. The minimum Gasteiger partial charge on any atom is -0.378 e. The van der Waals surface area contributed by atoms with E-state index in [-0.39, 0.29) is 17.6 Å². The van der Waals surface area contributed by atoms with Gasteiger partial charge in [-0.3, -0.25) is 9.59 Å². The van der Waals surface area contributed by atoms with Gasteiger partial charge >= 0.3 is 0 Å². The van der Waals surface area contributed by atoms with Gasteiger partial charge in [0.1, 0.15) is 0 Å². The number of aromatic amines is 1. The molecule has 1 amide bonds. The van der Waals surface area contributed by atoms with Gasteiger partial charge in [-0.1, -0.05) is 12.1 Å². The van der Waals surface area contributed by atoms with Gasteiger partial charge in [0.2, 0.25) is 5.91 Å². The van der Waals surface area contributed by atoms with Gasteiger partial charge in [-0.2, -0.15) is 0 Å². The first-order chi connectivity index (χ1) is 12.5. The summed E-state index contributed by atoms with van der Waals surface area (Å²) < 4.78 is 5.72. The van der Waals surface area contributed by atoms with Crippen molar-refractivity contribution in [1.82, 2.24) is 9.88 Å². The van der Waals surface area contributed by atoms with E-state index in [1.807, 2.05) is 38.2 Å². The summed E-state index contributed by atoms with van der Waals surface area (Å²) in [6.07, 6.45) is 5.43. The van der Waals surface area contributed by atoms with Crippen molar-refractivity contribution in [2.45, 2.75) is 51.6 Å². The standard InChI is InChI=1S/C21H28N2O3/c1-15-6-7-16-14-17(21(25)22-19(16)13-15)8-9-20(24)23(2)11-10-18-5-3-4-12-26-18/h6-7,13-14,18H,3-5,8-12H2,1-2H3,(H,22,25). The van der Waals surface area contributed by atoms with Crippen LogP contribution in [0.25, 0.3) is 10.9 Å². The van der Waals surface area contributed by atoms with Crippen molar-refractivity contribution < 1.29 is 9.53 Å². The summed E-state index contributed by atoms with van der Waals surface area (Å²) in [4.78, 5) is 29.3. The number of pyridine rings is 1. The molecule has 26 heavy (non-hydrogen) atoms. The lowest BCUT2D eigenvalue weighted by Gasteiger charge is -2.25. The SMILES string of the molecule is Cc1ccc2cc(CCC(=O)N(C)CCC3CCCCO3)c(=O)[nH]c2c1. The fourth-order valence-corrected chi connectivity index (χ4v) is 3.48.